The Labute approximate surface area is 178 Å². The van der Waals surface area contributed by atoms with Crippen molar-refractivity contribution in [2.24, 2.45) is 0 Å². The minimum atomic E-state index is 0.128. The summed E-state index contributed by atoms with van der Waals surface area (Å²) in [5, 5.41) is 0. The smallest absolute Gasteiger partial charge is 0.0930 e. The van der Waals surface area contributed by atoms with Gasteiger partial charge in [-0.05, 0) is 36.1 Å². The minimum Gasteiger partial charge on any atom is -0.254 e. The van der Waals surface area contributed by atoms with Gasteiger partial charge in [0, 0.05) is 17.8 Å². The maximum Gasteiger partial charge on any atom is 0.0930 e. The summed E-state index contributed by atoms with van der Waals surface area (Å²) >= 11 is 0. The fraction of sp³-hybridized carbons (Fsp3) is 0.630. The number of hydrogen-bond donors (Lipinski definition) is 0. The van der Waals surface area contributed by atoms with Crippen LogP contribution in [-0.4, -0.2) is 9.97 Å². The summed E-state index contributed by atoms with van der Waals surface area (Å²) in [4.78, 5) is 9.54. The van der Waals surface area contributed by atoms with Crippen LogP contribution in [0.15, 0.2) is 36.7 Å². The molecule has 0 atom stereocenters. The van der Waals surface area contributed by atoms with E-state index in [9.17, 15) is 0 Å². The zero-order valence-corrected chi connectivity index (χ0v) is 18.8. The zero-order chi connectivity index (χ0) is 20.4. The van der Waals surface area contributed by atoms with Crippen LogP contribution in [0.2, 0.25) is 0 Å². The Bertz CT molecular complexity index is 673. The van der Waals surface area contributed by atoms with Crippen molar-refractivity contribution in [2.75, 3.05) is 0 Å². The van der Waals surface area contributed by atoms with E-state index in [1.54, 1.807) is 0 Å². The highest BCUT2D eigenvalue weighted by Crippen LogP contribution is 2.52. The Hall–Kier alpha value is -1.70. The third-order valence-electron chi connectivity index (χ3n) is 6.79. The Morgan fingerprint density at radius 1 is 0.586 bits per heavy atom. The second kappa shape index (κ2) is 11.5. The topological polar surface area (TPSA) is 25.8 Å². The summed E-state index contributed by atoms with van der Waals surface area (Å²) < 4.78 is 0. The van der Waals surface area contributed by atoms with Gasteiger partial charge in [-0.25, -0.2) is 0 Å². The monoisotopic (exact) mass is 392 g/mol. The highest BCUT2D eigenvalue weighted by atomic mass is 14.8. The van der Waals surface area contributed by atoms with E-state index in [1.807, 2.05) is 12.4 Å². The first kappa shape index (κ1) is 22.0. The van der Waals surface area contributed by atoms with Gasteiger partial charge in [0.2, 0.25) is 0 Å². The largest absolute Gasteiger partial charge is 0.254 e. The summed E-state index contributed by atoms with van der Waals surface area (Å²) in [6.45, 7) is 4.59. The van der Waals surface area contributed by atoms with Gasteiger partial charge in [0.15, 0.2) is 0 Å². The van der Waals surface area contributed by atoms with Crippen molar-refractivity contribution >= 4 is 0 Å². The average molecular weight is 393 g/mol. The molecule has 2 heteroatoms. The molecule has 0 radical (unpaired) electrons. The molecule has 1 aliphatic carbocycles. The SMILES string of the molecule is CCCCCCCCC1(CCCCCCCC)c2cccnc2-c2ncccc21. The molecule has 0 fully saturated rings. The third kappa shape index (κ3) is 5.27. The maximum atomic E-state index is 4.77. The number of pyridine rings is 2. The van der Waals surface area contributed by atoms with Crippen LogP contribution in [0.4, 0.5) is 0 Å². The first-order valence-electron chi connectivity index (χ1n) is 12.2. The molecule has 0 N–H and O–H groups in total. The molecule has 0 spiro atoms. The van der Waals surface area contributed by atoms with Gasteiger partial charge < -0.3 is 0 Å². The van der Waals surface area contributed by atoms with Crippen LogP contribution in [-0.2, 0) is 5.41 Å². The molecule has 0 aliphatic heterocycles. The fourth-order valence-corrected chi connectivity index (χ4v) is 5.18. The van der Waals surface area contributed by atoms with Gasteiger partial charge in [-0.3, -0.25) is 9.97 Å². The van der Waals surface area contributed by atoms with Crippen LogP contribution in [0.25, 0.3) is 11.4 Å². The molecule has 0 unspecified atom stereocenters. The van der Waals surface area contributed by atoms with E-state index in [1.165, 1.54) is 101 Å². The lowest BCUT2D eigenvalue weighted by Crippen LogP contribution is -2.25. The Morgan fingerprint density at radius 3 is 1.45 bits per heavy atom. The second-order valence-electron chi connectivity index (χ2n) is 8.92. The maximum absolute atomic E-state index is 4.77. The molecule has 2 aromatic heterocycles. The molecule has 2 nitrogen and oxygen atoms in total. The molecule has 0 bridgehead atoms. The summed E-state index contributed by atoms with van der Waals surface area (Å²) in [6.07, 6.45) is 22.6. The van der Waals surface area contributed by atoms with Gasteiger partial charge in [0.25, 0.3) is 0 Å². The summed E-state index contributed by atoms with van der Waals surface area (Å²) in [7, 11) is 0. The summed E-state index contributed by atoms with van der Waals surface area (Å²) in [6, 6.07) is 8.92. The van der Waals surface area contributed by atoms with E-state index >= 15 is 0 Å². The number of fused-ring (bicyclic) bond motifs is 3. The number of aromatic nitrogens is 2. The second-order valence-corrected chi connectivity index (χ2v) is 8.92. The van der Waals surface area contributed by atoms with Crippen molar-refractivity contribution in [2.45, 2.75) is 109 Å². The lowest BCUT2D eigenvalue weighted by atomic mass is 9.71. The first-order valence-corrected chi connectivity index (χ1v) is 12.2. The zero-order valence-electron chi connectivity index (χ0n) is 18.8. The number of rotatable bonds is 14. The van der Waals surface area contributed by atoms with Gasteiger partial charge in [-0.15, -0.1) is 0 Å². The Balaban J connectivity index is 1.75. The lowest BCUT2D eigenvalue weighted by molar-refractivity contribution is 0.397. The number of nitrogens with zero attached hydrogens (tertiary/aromatic N) is 2. The minimum absolute atomic E-state index is 0.128. The Kier molecular flexibility index (Phi) is 8.70. The van der Waals surface area contributed by atoms with Crippen LogP contribution < -0.4 is 0 Å². The van der Waals surface area contributed by atoms with Gasteiger partial charge in [0.05, 0.1) is 11.4 Å². The van der Waals surface area contributed by atoms with Gasteiger partial charge in [-0.2, -0.15) is 0 Å². The van der Waals surface area contributed by atoms with Crippen molar-refractivity contribution in [3.8, 4) is 11.4 Å². The molecule has 2 heterocycles. The Morgan fingerprint density at radius 2 is 1.00 bits per heavy atom. The van der Waals surface area contributed by atoms with Crippen LogP contribution >= 0.6 is 0 Å². The van der Waals surface area contributed by atoms with E-state index in [-0.39, 0.29) is 5.41 Å². The number of unbranched alkanes of at least 4 members (excludes halogenated alkanes) is 10. The van der Waals surface area contributed by atoms with E-state index in [2.05, 4.69) is 38.1 Å². The standard InChI is InChI=1S/C27H40N2/c1-3-5-7-9-11-13-19-27(20-14-12-10-8-6-4-2)23-17-15-21-28-25(23)26-24(27)18-16-22-29-26/h15-18,21-22H,3-14,19-20H2,1-2H3. The molecule has 0 saturated carbocycles. The fourth-order valence-electron chi connectivity index (χ4n) is 5.18. The molecule has 0 saturated heterocycles. The number of hydrogen-bond acceptors (Lipinski definition) is 2. The predicted molar refractivity (Wildman–Crippen MR) is 124 cm³/mol. The van der Waals surface area contributed by atoms with Crippen molar-refractivity contribution in [3.63, 3.8) is 0 Å². The van der Waals surface area contributed by atoms with Gasteiger partial charge in [-0.1, -0.05) is 103 Å². The van der Waals surface area contributed by atoms with E-state index < -0.39 is 0 Å². The molecule has 2 aromatic rings. The van der Waals surface area contributed by atoms with Crippen molar-refractivity contribution < 1.29 is 0 Å². The van der Waals surface area contributed by atoms with Crippen molar-refractivity contribution in [1.82, 2.24) is 9.97 Å². The highest BCUT2D eigenvalue weighted by Gasteiger charge is 2.43. The van der Waals surface area contributed by atoms with Gasteiger partial charge in [0.1, 0.15) is 0 Å². The molecule has 0 amide bonds. The molecule has 158 valence electrons. The van der Waals surface area contributed by atoms with E-state index in [0.29, 0.717) is 0 Å². The normalized spacial score (nSPS) is 14.0. The van der Waals surface area contributed by atoms with E-state index in [4.69, 9.17) is 9.97 Å². The van der Waals surface area contributed by atoms with Crippen LogP contribution in [0.1, 0.15) is 115 Å². The molecule has 1 aliphatic rings. The molecular weight excluding hydrogens is 352 g/mol. The van der Waals surface area contributed by atoms with Crippen LogP contribution in [0.3, 0.4) is 0 Å². The molecule has 3 rings (SSSR count). The first-order chi connectivity index (χ1) is 14.3. The summed E-state index contributed by atoms with van der Waals surface area (Å²) in [5.41, 5.74) is 5.29. The average Bonchev–Trinajstić information content (AvgIpc) is 3.04. The van der Waals surface area contributed by atoms with Crippen molar-refractivity contribution in [1.29, 1.82) is 0 Å². The van der Waals surface area contributed by atoms with Crippen LogP contribution in [0.5, 0.6) is 0 Å². The van der Waals surface area contributed by atoms with E-state index in [0.717, 1.165) is 11.4 Å². The highest BCUT2D eigenvalue weighted by molar-refractivity contribution is 5.74. The van der Waals surface area contributed by atoms with Gasteiger partial charge >= 0.3 is 0 Å². The third-order valence-corrected chi connectivity index (χ3v) is 6.79. The van der Waals surface area contributed by atoms with Crippen molar-refractivity contribution in [3.05, 3.63) is 47.8 Å². The molecule has 0 aromatic carbocycles. The quantitative estimate of drug-likeness (QED) is 0.302. The van der Waals surface area contributed by atoms with Crippen LogP contribution in [0, 0.1) is 0 Å². The molecular formula is C27H40N2. The summed E-state index contributed by atoms with van der Waals surface area (Å²) in [5.74, 6) is 0. The lowest BCUT2D eigenvalue weighted by Gasteiger charge is -2.32. The predicted octanol–water partition coefficient (Wildman–Crippen LogP) is 8.24. The molecule has 29 heavy (non-hydrogen) atoms.